The number of fused-ring (bicyclic) bond motifs is 2. The van der Waals surface area contributed by atoms with Crippen molar-refractivity contribution in [1.29, 1.82) is 0 Å². The lowest BCUT2D eigenvalue weighted by molar-refractivity contribution is -0.149. The number of ether oxygens (including phenoxy) is 2. The highest BCUT2D eigenvalue weighted by molar-refractivity contribution is 7.52. The monoisotopic (exact) mass is 630 g/mol. The fourth-order valence-electron chi connectivity index (χ4n) is 5.01. The van der Waals surface area contributed by atoms with Crippen LogP contribution in [0.2, 0.25) is 0 Å². The molecule has 0 saturated carbocycles. The summed E-state index contributed by atoms with van der Waals surface area (Å²) < 4.78 is 54.7. The summed E-state index contributed by atoms with van der Waals surface area (Å²) in [6, 6.07) is 11.4. The molecule has 6 atom stereocenters. The molecule has 0 aliphatic carbocycles. The Morgan fingerprint density at radius 3 is 2.66 bits per heavy atom. The van der Waals surface area contributed by atoms with E-state index in [-0.39, 0.29) is 5.75 Å². The second-order valence-electron chi connectivity index (χ2n) is 11.0. The maximum atomic E-state index is 16.2. The Bertz CT molecular complexity index is 1710. The number of aromatic nitrogens is 4. The Balaban J connectivity index is 1.42. The van der Waals surface area contributed by atoms with Gasteiger partial charge in [0.2, 0.25) is 0 Å². The molecular formula is C29H36FN6O7P. The minimum atomic E-state index is -4.37. The highest BCUT2D eigenvalue weighted by Crippen LogP contribution is 2.49. The van der Waals surface area contributed by atoms with Gasteiger partial charge in [-0.3, -0.25) is 13.9 Å². The first-order valence-corrected chi connectivity index (χ1v) is 15.7. The second-order valence-corrected chi connectivity index (χ2v) is 12.7. The molecule has 5 rings (SSSR count). The largest absolute Gasteiger partial charge is 0.462 e. The van der Waals surface area contributed by atoms with E-state index < -0.39 is 56.6 Å². The maximum absolute atomic E-state index is 16.2. The van der Waals surface area contributed by atoms with Gasteiger partial charge in [-0.15, -0.1) is 0 Å². The fourth-order valence-corrected chi connectivity index (χ4v) is 6.53. The number of aliphatic hydroxyl groups excluding tert-OH is 1. The minimum Gasteiger partial charge on any atom is -0.462 e. The topological polar surface area (TPSA) is 159 Å². The molecule has 2 aromatic carbocycles. The normalized spacial score (nSPS) is 24.0. The molecule has 13 nitrogen and oxygen atoms in total. The molecule has 3 N–H and O–H groups in total. The highest BCUT2D eigenvalue weighted by Gasteiger charge is 2.56. The number of benzene rings is 2. The van der Waals surface area contributed by atoms with Gasteiger partial charge in [0.05, 0.1) is 19.0 Å². The number of aliphatic hydroxyl groups is 1. The van der Waals surface area contributed by atoms with Crippen LogP contribution in [-0.2, 0) is 23.4 Å². The molecule has 1 aliphatic heterocycles. The number of rotatable bonds is 11. The number of nitrogens with zero attached hydrogens (tertiary/aromatic N) is 4. The summed E-state index contributed by atoms with van der Waals surface area (Å²) >= 11 is 0. The van der Waals surface area contributed by atoms with E-state index in [1.54, 1.807) is 52.1 Å². The molecule has 4 aromatic rings. The SMILES string of the molecule is CNc1nc(C)nc2c1ncn2[C@@H]1O[C@H](CO[P@@](=O)(N[C@@H](C)C(=O)OC(C)C)Oc2cccc3ccccc23)[C@@H](O)[C@@]1(C)F. The van der Waals surface area contributed by atoms with E-state index in [2.05, 4.69) is 25.4 Å². The van der Waals surface area contributed by atoms with Crippen LogP contribution in [0.5, 0.6) is 5.75 Å². The molecule has 0 bridgehead atoms. The first-order chi connectivity index (χ1) is 20.8. The maximum Gasteiger partial charge on any atom is 0.459 e. The molecule has 0 spiro atoms. The van der Waals surface area contributed by atoms with Crippen LogP contribution in [0.4, 0.5) is 10.2 Å². The summed E-state index contributed by atoms with van der Waals surface area (Å²) in [5.74, 6) is 0.423. The average molecular weight is 631 g/mol. The van der Waals surface area contributed by atoms with Gasteiger partial charge in [-0.05, 0) is 46.1 Å². The fraction of sp³-hybridized carbons (Fsp3) is 0.448. The Kier molecular flexibility index (Phi) is 8.92. The van der Waals surface area contributed by atoms with Crippen LogP contribution in [-0.4, -0.2) is 74.3 Å². The number of esters is 1. The standard InChI is InChI=1S/C29H36FN6O7P/c1-16(2)41-27(38)17(3)35-44(39,43-21-13-9-11-19-10-7-8-12-20(19)21)40-14-22-24(37)29(5,30)28(42-22)36-15-32-23-25(31-6)33-18(4)34-26(23)36/h7-13,15-17,22,24,28,37H,14H2,1-6H3,(H,35,39)(H,31,33,34)/t17-,22+,24+,28+,29+,44-/m0/s1. The predicted octanol–water partition coefficient (Wildman–Crippen LogP) is 4.45. The summed E-state index contributed by atoms with van der Waals surface area (Å²) in [5, 5.41) is 18.1. The lowest BCUT2D eigenvalue weighted by Gasteiger charge is -2.26. The molecular weight excluding hydrogens is 594 g/mol. The number of hydrogen-bond acceptors (Lipinski definition) is 11. The molecule has 0 amide bonds. The summed E-state index contributed by atoms with van der Waals surface area (Å²) in [4.78, 5) is 25.6. The van der Waals surface area contributed by atoms with Crippen LogP contribution in [0.25, 0.3) is 21.9 Å². The van der Waals surface area contributed by atoms with E-state index in [1.165, 1.54) is 24.7 Å². The van der Waals surface area contributed by atoms with Gasteiger partial charge in [-0.2, -0.15) is 5.09 Å². The Labute approximate surface area is 253 Å². The third-order valence-corrected chi connectivity index (χ3v) is 8.80. The number of carbonyl (C=O) groups is 1. The molecule has 1 saturated heterocycles. The minimum absolute atomic E-state index is 0.227. The van der Waals surface area contributed by atoms with Crippen molar-refractivity contribution in [3.8, 4) is 5.75 Å². The number of aryl methyl sites for hydroxylation is 1. The van der Waals surface area contributed by atoms with Crippen LogP contribution >= 0.6 is 7.75 Å². The zero-order valence-electron chi connectivity index (χ0n) is 25.2. The molecule has 1 fully saturated rings. The van der Waals surface area contributed by atoms with Crippen molar-refractivity contribution >= 4 is 41.5 Å². The van der Waals surface area contributed by atoms with Crippen molar-refractivity contribution in [2.75, 3.05) is 19.0 Å². The van der Waals surface area contributed by atoms with Gasteiger partial charge in [0.1, 0.15) is 29.8 Å². The summed E-state index contributed by atoms with van der Waals surface area (Å²) in [5.41, 5.74) is -1.64. The van der Waals surface area contributed by atoms with E-state index in [9.17, 15) is 14.5 Å². The lowest BCUT2D eigenvalue weighted by Crippen LogP contribution is -2.41. The van der Waals surface area contributed by atoms with Crippen molar-refractivity contribution in [2.45, 2.75) is 70.9 Å². The lowest BCUT2D eigenvalue weighted by atomic mass is 9.98. The molecule has 2 aromatic heterocycles. The van der Waals surface area contributed by atoms with Crippen molar-refractivity contribution in [3.05, 3.63) is 54.6 Å². The smallest absolute Gasteiger partial charge is 0.459 e. The van der Waals surface area contributed by atoms with Crippen LogP contribution in [0.15, 0.2) is 48.8 Å². The Morgan fingerprint density at radius 1 is 1.20 bits per heavy atom. The zero-order chi connectivity index (χ0) is 31.8. The van der Waals surface area contributed by atoms with Crippen LogP contribution in [0.1, 0.15) is 39.7 Å². The van der Waals surface area contributed by atoms with E-state index in [4.69, 9.17) is 18.5 Å². The van der Waals surface area contributed by atoms with E-state index >= 15 is 4.39 Å². The average Bonchev–Trinajstić information content (AvgIpc) is 3.48. The predicted molar refractivity (Wildman–Crippen MR) is 161 cm³/mol. The van der Waals surface area contributed by atoms with Gasteiger partial charge in [0.25, 0.3) is 0 Å². The van der Waals surface area contributed by atoms with Crippen LogP contribution < -0.4 is 14.9 Å². The summed E-state index contributed by atoms with van der Waals surface area (Å²) in [6.45, 7) is 7.15. The first kappa shape index (κ1) is 31.7. The van der Waals surface area contributed by atoms with Gasteiger partial charge in [-0.1, -0.05) is 36.4 Å². The van der Waals surface area contributed by atoms with Crippen molar-refractivity contribution in [1.82, 2.24) is 24.6 Å². The molecule has 44 heavy (non-hydrogen) atoms. The molecule has 0 radical (unpaired) electrons. The summed E-state index contributed by atoms with van der Waals surface area (Å²) in [6.07, 6.45) is -3.41. The Hall–Kier alpha value is -3.68. The van der Waals surface area contributed by atoms with Gasteiger partial charge in [0, 0.05) is 12.4 Å². The van der Waals surface area contributed by atoms with E-state index in [0.717, 1.165) is 5.39 Å². The zero-order valence-corrected chi connectivity index (χ0v) is 26.1. The molecule has 15 heteroatoms. The first-order valence-electron chi connectivity index (χ1n) is 14.1. The second kappa shape index (κ2) is 12.4. The van der Waals surface area contributed by atoms with Gasteiger partial charge >= 0.3 is 13.7 Å². The number of imidazole rings is 1. The molecule has 236 valence electrons. The highest BCUT2D eigenvalue weighted by atomic mass is 31.2. The number of carbonyl (C=O) groups excluding carboxylic acids is 1. The number of halogens is 1. The van der Waals surface area contributed by atoms with Gasteiger partial charge in [0.15, 0.2) is 28.9 Å². The quantitative estimate of drug-likeness (QED) is 0.158. The third kappa shape index (κ3) is 6.26. The van der Waals surface area contributed by atoms with Crippen molar-refractivity contribution in [2.24, 2.45) is 0 Å². The van der Waals surface area contributed by atoms with Crippen LogP contribution in [0, 0.1) is 6.92 Å². The van der Waals surface area contributed by atoms with Gasteiger partial charge in [-0.25, -0.2) is 23.9 Å². The van der Waals surface area contributed by atoms with Crippen LogP contribution in [0.3, 0.4) is 0 Å². The number of hydrogen-bond donors (Lipinski definition) is 3. The number of anilines is 1. The van der Waals surface area contributed by atoms with E-state index in [1.807, 2.05) is 18.2 Å². The summed E-state index contributed by atoms with van der Waals surface area (Å²) in [7, 11) is -2.69. The van der Waals surface area contributed by atoms with Crippen molar-refractivity contribution < 1.29 is 37.4 Å². The molecule has 0 unspecified atom stereocenters. The third-order valence-electron chi connectivity index (χ3n) is 7.17. The number of nitrogens with one attached hydrogen (secondary N) is 2. The van der Waals surface area contributed by atoms with E-state index in [0.29, 0.717) is 28.2 Å². The van der Waals surface area contributed by atoms with Crippen molar-refractivity contribution in [3.63, 3.8) is 0 Å². The van der Waals surface area contributed by atoms with Gasteiger partial charge < -0.3 is 24.4 Å². The number of alkyl halides is 1. The Morgan fingerprint density at radius 2 is 1.93 bits per heavy atom. The molecule has 3 heterocycles. The molecule has 1 aliphatic rings.